The van der Waals surface area contributed by atoms with Gasteiger partial charge in [0.05, 0.1) is 17.4 Å². The summed E-state index contributed by atoms with van der Waals surface area (Å²) < 4.78 is 14.5. The lowest BCUT2D eigenvalue weighted by atomic mass is 10.1. The summed E-state index contributed by atoms with van der Waals surface area (Å²) in [6.45, 7) is 2.35. The minimum absolute atomic E-state index is 0.0126. The van der Waals surface area contributed by atoms with Crippen molar-refractivity contribution in [2.45, 2.75) is 25.8 Å². The van der Waals surface area contributed by atoms with Crippen LogP contribution in [-0.2, 0) is 0 Å². The summed E-state index contributed by atoms with van der Waals surface area (Å²) in [7, 11) is 0. The quantitative estimate of drug-likeness (QED) is 0.429. The smallest absolute Gasteiger partial charge is 0.252 e. The number of halogens is 1. The molecular formula is C22H25FN6O. The number of nitrogens with zero attached hydrogens (tertiary/aromatic N) is 2. The number of primary amides is 1. The molecule has 0 aliphatic heterocycles. The standard InChI is InChI=1S/C22H25FN6O/c1-2-6-16(11-24)27-22-19(23)10-18(20(25)30)21(29-22)28-17-9-15(12-26-13-17)14-7-4-3-5-8-14/h3-5,7-10,12-13,16H,2,6,11,24H2,1H3,(H2,25,30)(H2,27,28,29). The number of carbonyl (C=O) groups excluding carboxylic acids is 1. The Hall–Kier alpha value is -3.52. The Labute approximate surface area is 174 Å². The molecular weight excluding hydrogens is 383 g/mol. The summed E-state index contributed by atoms with van der Waals surface area (Å²) in [5, 5.41) is 6.05. The monoisotopic (exact) mass is 408 g/mol. The van der Waals surface area contributed by atoms with E-state index in [2.05, 4.69) is 20.6 Å². The maximum atomic E-state index is 14.5. The highest BCUT2D eigenvalue weighted by Crippen LogP contribution is 2.27. The van der Waals surface area contributed by atoms with Crippen LogP contribution in [0.25, 0.3) is 11.1 Å². The van der Waals surface area contributed by atoms with E-state index >= 15 is 0 Å². The van der Waals surface area contributed by atoms with Gasteiger partial charge in [-0.05, 0) is 24.1 Å². The zero-order chi connectivity index (χ0) is 21.5. The number of aromatic nitrogens is 2. The number of pyridine rings is 2. The van der Waals surface area contributed by atoms with Crippen molar-refractivity contribution < 1.29 is 9.18 Å². The van der Waals surface area contributed by atoms with E-state index in [1.165, 1.54) is 0 Å². The predicted molar refractivity (Wildman–Crippen MR) is 117 cm³/mol. The number of hydrogen-bond donors (Lipinski definition) is 4. The lowest BCUT2D eigenvalue weighted by Crippen LogP contribution is -2.29. The van der Waals surface area contributed by atoms with Crippen LogP contribution in [-0.4, -0.2) is 28.5 Å². The first kappa shape index (κ1) is 21.2. The molecule has 2 aromatic heterocycles. The molecule has 3 rings (SSSR count). The largest absolute Gasteiger partial charge is 0.365 e. The molecule has 0 fully saturated rings. The molecule has 8 heteroatoms. The molecule has 1 amide bonds. The van der Waals surface area contributed by atoms with E-state index < -0.39 is 11.7 Å². The number of nitrogens with two attached hydrogens (primary N) is 2. The van der Waals surface area contributed by atoms with Crippen LogP contribution in [0.15, 0.2) is 54.9 Å². The highest BCUT2D eigenvalue weighted by Gasteiger charge is 2.18. The van der Waals surface area contributed by atoms with Crippen LogP contribution in [0.5, 0.6) is 0 Å². The Bertz CT molecular complexity index is 1010. The summed E-state index contributed by atoms with van der Waals surface area (Å²) >= 11 is 0. The Morgan fingerprint density at radius 3 is 2.57 bits per heavy atom. The Morgan fingerprint density at radius 1 is 1.13 bits per heavy atom. The summed E-state index contributed by atoms with van der Waals surface area (Å²) in [6.07, 6.45) is 4.98. The summed E-state index contributed by atoms with van der Waals surface area (Å²) in [5.41, 5.74) is 13.6. The van der Waals surface area contributed by atoms with Gasteiger partial charge < -0.3 is 22.1 Å². The third-order valence-corrected chi connectivity index (χ3v) is 4.61. The Morgan fingerprint density at radius 2 is 1.90 bits per heavy atom. The van der Waals surface area contributed by atoms with Crippen molar-refractivity contribution in [1.29, 1.82) is 0 Å². The molecule has 0 bridgehead atoms. The molecule has 3 aromatic rings. The SMILES string of the molecule is CCCC(CN)Nc1nc(Nc2cncc(-c3ccccc3)c2)c(C(N)=O)cc1F. The first-order chi connectivity index (χ1) is 14.5. The topological polar surface area (TPSA) is 119 Å². The van der Waals surface area contributed by atoms with Gasteiger partial charge in [0.2, 0.25) is 0 Å². The fourth-order valence-corrected chi connectivity index (χ4v) is 3.10. The van der Waals surface area contributed by atoms with Crippen molar-refractivity contribution >= 4 is 23.2 Å². The van der Waals surface area contributed by atoms with Crippen LogP contribution in [0.4, 0.5) is 21.7 Å². The van der Waals surface area contributed by atoms with Crippen molar-refractivity contribution in [2.24, 2.45) is 11.5 Å². The van der Waals surface area contributed by atoms with Gasteiger partial charge in [-0.2, -0.15) is 0 Å². The van der Waals surface area contributed by atoms with Gasteiger partial charge in [-0.25, -0.2) is 9.37 Å². The van der Waals surface area contributed by atoms with Crippen LogP contribution >= 0.6 is 0 Å². The Kier molecular flexibility index (Phi) is 6.92. The van der Waals surface area contributed by atoms with Gasteiger partial charge >= 0.3 is 0 Å². The predicted octanol–water partition coefficient (Wildman–Crippen LogP) is 3.66. The molecule has 0 radical (unpaired) electrons. The zero-order valence-electron chi connectivity index (χ0n) is 16.7. The molecule has 0 aliphatic carbocycles. The normalized spacial score (nSPS) is 11.7. The van der Waals surface area contributed by atoms with Crippen LogP contribution in [0.3, 0.4) is 0 Å². The van der Waals surface area contributed by atoms with E-state index in [0.29, 0.717) is 12.2 Å². The number of hydrogen-bond acceptors (Lipinski definition) is 6. The fourth-order valence-electron chi connectivity index (χ4n) is 3.10. The maximum absolute atomic E-state index is 14.5. The van der Waals surface area contributed by atoms with Crippen LogP contribution in [0, 0.1) is 5.82 Å². The van der Waals surface area contributed by atoms with Crippen LogP contribution in [0.1, 0.15) is 30.1 Å². The lowest BCUT2D eigenvalue weighted by Gasteiger charge is -2.19. The molecule has 1 unspecified atom stereocenters. The van der Waals surface area contributed by atoms with Crippen LogP contribution in [0.2, 0.25) is 0 Å². The third kappa shape index (κ3) is 5.09. The first-order valence-electron chi connectivity index (χ1n) is 9.76. The molecule has 1 aromatic carbocycles. The second-order valence-corrected chi connectivity index (χ2v) is 6.90. The second-order valence-electron chi connectivity index (χ2n) is 6.90. The number of amides is 1. The molecule has 6 N–H and O–H groups in total. The molecule has 1 atom stereocenters. The average molecular weight is 408 g/mol. The molecule has 0 saturated carbocycles. The molecule has 30 heavy (non-hydrogen) atoms. The number of rotatable bonds is 9. The molecule has 7 nitrogen and oxygen atoms in total. The van der Waals surface area contributed by atoms with E-state index in [-0.39, 0.29) is 23.2 Å². The van der Waals surface area contributed by atoms with Gasteiger partial charge in [0.25, 0.3) is 5.91 Å². The molecule has 0 aliphatic rings. The Balaban J connectivity index is 1.94. The average Bonchev–Trinajstić information content (AvgIpc) is 2.76. The van der Waals surface area contributed by atoms with Gasteiger partial charge in [-0.1, -0.05) is 43.7 Å². The van der Waals surface area contributed by atoms with Gasteiger partial charge in [-0.15, -0.1) is 0 Å². The van der Waals surface area contributed by atoms with Gasteiger partial charge in [0.1, 0.15) is 5.82 Å². The van der Waals surface area contributed by atoms with Gasteiger partial charge in [-0.3, -0.25) is 9.78 Å². The van der Waals surface area contributed by atoms with E-state index in [0.717, 1.165) is 30.0 Å². The van der Waals surface area contributed by atoms with Crippen molar-refractivity contribution in [1.82, 2.24) is 9.97 Å². The molecule has 0 spiro atoms. The number of carbonyl (C=O) groups is 1. The van der Waals surface area contributed by atoms with Gasteiger partial charge in [0, 0.05) is 24.3 Å². The van der Waals surface area contributed by atoms with Gasteiger partial charge in [0.15, 0.2) is 11.6 Å². The number of nitrogens with one attached hydrogen (secondary N) is 2. The summed E-state index contributed by atoms with van der Waals surface area (Å²) in [4.78, 5) is 20.4. The van der Waals surface area contributed by atoms with Crippen molar-refractivity contribution in [3.8, 4) is 11.1 Å². The zero-order valence-corrected chi connectivity index (χ0v) is 16.7. The van der Waals surface area contributed by atoms with Crippen molar-refractivity contribution in [3.63, 3.8) is 0 Å². The highest BCUT2D eigenvalue weighted by molar-refractivity contribution is 5.98. The molecule has 0 saturated heterocycles. The highest BCUT2D eigenvalue weighted by atomic mass is 19.1. The number of anilines is 3. The maximum Gasteiger partial charge on any atom is 0.252 e. The lowest BCUT2D eigenvalue weighted by molar-refractivity contribution is 0.100. The number of benzene rings is 1. The molecule has 156 valence electrons. The summed E-state index contributed by atoms with van der Waals surface area (Å²) in [5.74, 6) is -1.30. The second kappa shape index (κ2) is 9.80. The van der Waals surface area contributed by atoms with Crippen LogP contribution < -0.4 is 22.1 Å². The summed E-state index contributed by atoms with van der Waals surface area (Å²) in [6, 6.07) is 12.5. The minimum Gasteiger partial charge on any atom is -0.365 e. The minimum atomic E-state index is -0.786. The first-order valence-corrected chi connectivity index (χ1v) is 9.76. The fraction of sp³-hybridized carbons (Fsp3) is 0.227. The van der Waals surface area contributed by atoms with E-state index in [4.69, 9.17) is 11.5 Å². The van der Waals surface area contributed by atoms with E-state index in [1.807, 2.05) is 43.3 Å². The van der Waals surface area contributed by atoms with Crippen molar-refractivity contribution in [3.05, 3.63) is 66.2 Å². The van der Waals surface area contributed by atoms with Crippen molar-refractivity contribution in [2.75, 3.05) is 17.2 Å². The third-order valence-electron chi connectivity index (χ3n) is 4.61. The van der Waals surface area contributed by atoms with E-state index in [9.17, 15) is 9.18 Å². The molecule has 2 heterocycles. The van der Waals surface area contributed by atoms with E-state index in [1.54, 1.807) is 12.4 Å².